The highest BCUT2D eigenvalue weighted by molar-refractivity contribution is 5.88. The monoisotopic (exact) mass is 295 g/mol. The Morgan fingerprint density at radius 2 is 2.19 bits per heavy atom. The lowest BCUT2D eigenvalue weighted by Gasteiger charge is -2.35. The lowest BCUT2D eigenvalue weighted by Crippen LogP contribution is -2.56. The van der Waals surface area contributed by atoms with Crippen LogP contribution in [0.5, 0.6) is 0 Å². The highest BCUT2D eigenvalue weighted by Crippen LogP contribution is 2.14. The molecular formula is C15H25N3O3. The first kappa shape index (κ1) is 16.0. The lowest BCUT2D eigenvalue weighted by atomic mass is 10.1. The van der Waals surface area contributed by atoms with E-state index in [1.807, 2.05) is 13.8 Å². The summed E-state index contributed by atoms with van der Waals surface area (Å²) in [5.41, 5.74) is 1.21. The van der Waals surface area contributed by atoms with Crippen LogP contribution >= 0.6 is 0 Å². The summed E-state index contributed by atoms with van der Waals surface area (Å²) in [6.07, 6.45) is 4.22. The highest BCUT2D eigenvalue weighted by Gasteiger charge is 2.33. The van der Waals surface area contributed by atoms with Crippen molar-refractivity contribution >= 4 is 11.8 Å². The van der Waals surface area contributed by atoms with E-state index >= 15 is 0 Å². The molecule has 0 spiro atoms. The molecule has 2 aliphatic rings. The second kappa shape index (κ2) is 7.56. The second-order valence-corrected chi connectivity index (χ2v) is 5.82. The first-order chi connectivity index (χ1) is 10.1. The molecule has 0 aliphatic carbocycles. The maximum atomic E-state index is 12.3. The molecule has 0 aromatic rings. The van der Waals surface area contributed by atoms with Gasteiger partial charge in [0, 0.05) is 26.2 Å². The van der Waals surface area contributed by atoms with Crippen molar-refractivity contribution in [1.29, 1.82) is 0 Å². The summed E-state index contributed by atoms with van der Waals surface area (Å²) in [5, 5.41) is 4.27. The quantitative estimate of drug-likeness (QED) is 0.776. The fourth-order valence-electron chi connectivity index (χ4n) is 2.56. The van der Waals surface area contributed by atoms with Gasteiger partial charge >= 0.3 is 0 Å². The Kier molecular flexibility index (Phi) is 5.76. The van der Waals surface area contributed by atoms with Crippen LogP contribution in [0.25, 0.3) is 0 Å². The van der Waals surface area contributed by atoms with Crippen molar-refractivity contribution in [2.75, 3.05) is 32.8 Å². The first-order valence-corrected chi connectivity index (χ1v) is 7.66. The van der Waals surface area contributed by atoms with Crippen molar-refractivity contribution in [1.82, 2.24) is 15.3 Å². The molecule has 2 saturated heterocycles. The molecule has 2 rings (SSSR count). The summed E-state index contributed by atoms with van der Waals surface area (Å²) in [4.78, 5) is 31.8. The van der Waals surface area contributed by atoms with Crippen molar-refractivity contribution in [3.8, 4) is 0 Å². The molecule has 21 heavy (non-hydrogen) atoms. The second-order valence-electron chi connectivity index (χ2n) is 5.82. The van der Waals surface area contributed by atoms with Gasteiger partial charge in [-0.15, -0.1) is 0 Å². The Hall–Kier alpha value is -1.40. The van der Waals surface area contributed by atoms with Gasteiger partial charge in [0.2, 0.25) is 11.8 Å². The summed E-state index contributed by atoms with van der Waals surface area (Å²) in [5.74, 6) is -0.160. The number of carbonyl (C=O) groups is 2. The molecule has 0 saturated carbocycles. The van der Waals surface area contributed by atoms with E-state index in [4.69, 9.17) is 4.84 Å². The molecule has 0 unspecified atom stereocenters. The van der Waals surface area contributed by atoms with Gasteiger partial charge in [-0.25, -0.2) is 5.06 Å². The van der Waals surface area contributed by atoms with E-state index in [2.05, 4.69) is 16.3 Å². The smallest absolute Gasteiger partial charge is 0.248 e. The molecule has 6 heteroatoms. The third kappa shape index (κ3) is 4.54. The van der Waals surface area contributed by atoms with Crippen molar-refractivity contribution in [2.45, 2.75) is 39.2 Å². The zero-order valence-corrected chi connectivity index (χ0v) is 12.9. The molecule has 2 fully saturated rings. The van der Waals surface area contributed by atoms with Crippen LogP contribution in [0, 0.1) is 0 Å². The van der Waals surface area contributed by atoms with Crippen LogP contribution in [-0.4, -0.2) is 60.6 Å². The number of allylic oxidation sites excluding steroid dienone is 1. The summed E-state index contributed by atoms with van der Waals surface area (Å²) in [6, 6.07) is -0.396. The number of piperazine rings is 1. The molecule has 0 aromatic heterocycles. The van der Waals surface area contributed by atoms with Gasteiger partial charge in [-0.3, -0.25) is 19.3 Å². The van der Waals surface area contributed by atoms with Gasteiger partial charge in [0.05, 0.1) is 19.1 Å². The molecule has 0 bridgehead atoms. The number of nitrogens with zero attached hydrogens (tertiary/aromatic N) is 2. The number of hydrogen-bond donors (Lipinski definition) is 1. The normalized spacial score (nSPS) is 23.6. The standard InChI is InChI=1S/C15H25N3O3/c1-12(2)5-8-17-9-6-16-15(20)13(17)11-14(19)18-7-3-4-10-21-18/h5,13H,3-4,6-11H2,1-2H3,(H,16,20)/t13-/m0/s1. The minimum absolute atomic E-state index is 0.0613. The Morgan fingerprint density at radius 1 is 1.38 bits per heavy atom. The summed E-state index contributed by atoms with van der Waals surface area (Å²) in [6.45, 7) is 7.39. The molecule has 1 atom stereocenters. The van der Waals surface area contributed by atoms with Crippen molar-refractivity contribution in [3.05, 3.63) is 11.6 Å². The van der Waals surface area contributed by atoms with E-state index in [1.54, 1.807) is 0 Å². The van der Waals surface area contributed by atoms with E-state index < -0.39 is 6.04 Å². The molecule has 2 aliphatic heterocycles. The Bertz CT molecular complexity index is 412. The van der Waals surface area contributed by atoms with Crippen molar-refractivity contribution < 1.29 is 14.4 Å². The van der Waals surface area contributed by atoms with E-state index in [9.17, 15) is 9.59 Å². The molecule has 2 amide bonds. The summed E-state index contributed by atoms with van der Waals surface area (Å²) in [7, 11) is 0. The highest BCUT2D eigenvalue weighted by atomic mass is 16.7. The van der Waals surface area contributed by atoms with E-state index in [0.717, 1.165) is 19.4 Å². The average molecular weight is 295 g/mol. The molecule has 6 nitrogen and oxygen atoms in total. The van der Waals surface area contributed by atoms with Crippen molar-refractivity contribution in [3.63, 3.8) is 0 Å². The number of carbonyl (C=O) groups excluding carboxylic acids is 2. The fourth-order valence-corrected chi connectivity index (χ4v) is 2.56. The van der Waals surface area contributed by atoms with Crippen LogP contribution in [0.2, 0.25) is 0 Å². The maximum absolute atomic E-state index is 12.3. The largest absolute Gasteiger partial charge is 0.353 e. The molecular weight excluding hydrogens is 270 g/mol. The third-order valence-corrected chi connectivity index (χ3v) is 3.82. The minimum Gasteiger partial charge on any atom is -0.353 e. The van der Waals surface area contributed by atoms with Crippen LogP contribution in [0.1, 0.15) is 33.1 Å². The molecule has 1 N–H and O–H groups in total. The zero-order valence-electron chi connectivity index (χ0n) is 12.9. The molecule has 118 valence electrons. The van der Waals surface area contributed by atoms with Crippen LogP contribution in [0.4, 0.5) is 0 Å². The molecule has 0 radical (unpaired) electrons. The van der Waals surface area contributed by atoms with Gasteiger partial charge in [0.15, 0.2) is 0 Å². The van der Waals surface area contributed by atoms with E-state index in [-0.39, 0.29) is 18.2 Å². The van der Waals surface area contributed by atoms with Gasteiger partial charge in [0.25, 0.3) is 0 Å². The van der Waals surface area contributed by atoms with Crippen molar-refractivity contribution in [2.24, 2.45) is 0 Å². The maximum Gasteiger partial charge on any atom is 0.248 e. The molecule has 0 aromatic carbocycles. The summed E-state index contributed by atoms with van der Waals surface area (Å²) < 4.78 is 0. The average Bonchev–Trinajstić information content (AvgIpc) is 2.48. The topological polar surface area (TPSA) is 61.9 Å². The van der Waals surface area contributed by atoms with Crippen LogP contribution < -0.4 is 5.32 Å². The molecule has 2 heterocycles. The minimum atomic E-state index is -0.396. The number of amides is 2. The zero-order chi connectivity index (χ0) is 15.2. The predicted molar refractivity (Wildman–Crippen MR) is 79.3 cm³/mol. The van der Waals surface area contributed by atoms with Crippen LogP contribution in [0.15, 0.2) is 11.6 Å². The van der Waals surface area contributed by atoms with Gasteiger partial charge in [0.1, 0.15) is 0 Å². The fraction of sp³-hybridized carbons (Fsp3) is 0.733. The Morgan fingerprint density at radius 3 is 2.86 bits per heavy atom. The first-order valence-electron chi connectivity index (χ1n) is 7.66. The Labute approximate surface area is 126 Å². The van der Waals surface area contributed by atoms with Gasteiger partial charge in [-0.2, -0.15) is 0 Å². The van der Waals surface area contributed by atoms with Gasteiger partial charge in [-0.05, 0) is 26.7 Å². The number of nitrogens with one attached hydrogen (secondary N) is 1. The van der Waals surface area contributed by atoms with Gasteiger partial charge in [-0.1, -0.05) is 11.6 Å². The van der Waals surface area contributed by atoms with Crippen LogP contribution in [0.3, 0.4) is 0 Å². The Balaban J connectivity index is 1.97. The van der Waals surface area contributed by atoms with Gasteiger partial charge < -0.3 is 5.32 Å². The third-order valence-electron chi connectivity index (χ3n) is 3.82. The lowest BCUT2D eigenvalue weighted by molar-refractivity contribution is -0.198. The SMILES string of the molecule is CC(C)=CCN1CCNC(=O)[C@@H]1CC(=O)N1CCCCO1. The summed E-state index contributed by atoms with van der Waals surface area (Å²) >= 11 is 0. The van der Waals surface area contributed by atoms with Crippen LogP contribution in [-0.2, 0) is 14.4 Å². The van der Waals surface area contributed by atoms with E-state index in [1.165, 1.54) is 10.6 Å². The predicted octanol–water partition coefficient (Wildman–Crippen LogP) is 0.697. The number of rotatable bonds is 4. The number of hydrogen-bond acceptors (Lipinski definition) is 4. The van der Waals surface area contributed by atoms with E-state index in [0.29, 0.717) is 26.2 Å². The number of hydroxylamine groups is 2.